The highest BCUT2D eigenvalue weighted by Crippen LogP contribution is 2.56. The number of phenols is 1. The highest BCUT2D eigenvalue weighted by molar-refractivity contribution is 5.55. The van der Waals surface area contributed by atoms with Gasteiger partial charge in [0.15, 0.2) is 0 Å². The van der Waals surface area contributed by atoms with Crippen molar-refractivity contribution in [3.63, 3.8) is 0 Å². The monoisotopic (exact) mass is 273 g/mol. The molecule has 1 aromatic rings. The topological polar surface area (TPSA) is 32.3 Å². The van der Waals surface area contributed by atoms with Gasteiger partial charge in [-0.2, -0.15) is 0 Å². The van der Waals surface area contributed by atoms with Crippen LogP contribution in [0.25, 0.3) is 0 Å². The van der Waals surface area contributed by atoms with Crippen molar-refractivity contribution in [2.75, 3.05) is 6.54 Å². The fourth-order valence-corrected chi connectivity index (χ4v) is 4.51. The van der Waals surface area contributed by atoms with E-state index in [1.807, 2.05) is 6.92 Å². The van der Waals surface area contributed by atoms with Gasteiger partial charge in [-0.05, 0) is 68.2 Å². The molecule has 2 heteroatoms. The minimum Gasteiger partial charge on any atom is -0.507 e. The summed E-state index contributed by atoms with van der Waals surface area (Å²) >= 11 is 0. The van der Waals surface area contributed by atoms with Gasteiger partial charge in [0.05, 0.1) is 0 Å². The molecule has 2 aliphatic carbocycles. The number of nitrogens with one attached hydrogen (secondary N) is 1. The third-order valence-corrected chi connectivity index (χ3v) is 5.32. The van der Waals surface area contributed by atoms with Crippen molar-refractivity contribution in [3.05, 3.63) is 28.3 Å². The molecular formula is C18H27NO. The highest BCUT2D eigenvalue weighted by Gasteiger charge is 2.44. The van der Waals surface area contributed by atoms with Gasteiger partial charge in [-0.3, -0.25) is 0 Å². The molecule has 2 aliphatic rings. The molecule has 0 bridgehead atoms. The molecule has 3 unspecified atom stereocenters. The van der Waals surface area contributed by atoms with E-state index in [0.717, 1.165) is 18.5 Å². The van der Waals surface area contributed by atoms with Crippen LogP contribution in [0.2, 0.25) is 0 Å². The summed E-state index contributed by atoms with van der Waals surface area (Å²) in [4.78, 5) is 0. The van der Waals surface area contributed by atoms with Gasteiger partial charge in [-0.1, -0.05) is 25.8 Å². The Kier molecular flexibility index (Phi) is 3.76. The highest BCUT2D eigenvalue weighted by atomic mass is 16.3. The van der Waals surface area contributed by atoms with Gasteiger partial charge in [-0.15, -0.1) is 0 Å². The van der Waals surface area contributed by atoms with E-state index in [9.17, 15) is 5.11 Å². The number of benzene rings is 1. The first-order chi connectivity index (χ1) is 9.65. The van der Waals surface area contributed by atoms with Crippen molar-refractivity contribution in [2.24, 2.45) is 5.92 Å². The Hall–Kier alpha value is -1.02. The van der Waals surface area contributed by atoms with Gasteiger partial charge in [0.1, 0.15) is 5.75 Å². The average molecular weight is 273 g/mol. The SMILES string of the molecule is CCCNC1c2c(O)c(C)cc(C)c2C2CCCCC21. The number of rotatable bonds is 3. The first-order valence-electron chi connectivity index (χ1n) is 8.21. The van der Waals surface area contributed by atoms with Gasteiger partial charge >= 0.3 is 0 Å². The number of phenolic OH excluding ortho intramolecular Hbond substituents is 1. The smallest absolute Gasteiger partial charge is 0.123 e. The lowest BCUT2D eigenvalue weighted by Gasteiger charge is -2.30. The molecule has 110 valence electrons. The molecule has 0 spiro atoms. The zero-order valence-corrected chi connectivity index (χ0v) is 13.0. The lowest BCUT2D eigenvalue weighted by molar-refractivity contribution is 0.261. The van der Waals surface area contributed by atoms with Gasteiger partial charge in [0.25, 0.3) is 0 Å². The van der Waals surface area contributed by atoms with Crippen molar-refractivity contribution in [2.45, 2.75) is 64.8 Å². The molecule has 0 heterocycles. The second-order valence-corrected chi connectivity index (χ2v) is 6.67. The predicted molar refractivity (Wildman–Crippen MR) is 83.3 cm³/mol. The van der Waals surface area contributed by atoms with Gasteiger partial charge in [-0.25, -0.2) is 0 Å². The molecular weight excluding hydrogens is 246 g/mol. The fraction of sp³-hybridized carbons (Fsp3) is 0.667. The predicted octanol–water partition coefficient (Wildman–Crippen LogP) is 4.34. The van der Waals surface area contributed by atoms with Crippen LogP contribution in [0.1, 0.15) is 73.2 Å². The van der Waals surface area contributed by atoms with E-state index in [1.165, 1.54) is 42.4 Å². The maximum Gasteiger partial charge on any atom is 0.123 e. The van der Waals surface area contributed by atoms with Gasteiger partial charge < -0.3 is 10.4 Å². The minimum absolute atomic E-state index is 0.369. The zero-order chi connectivity index (χ0) is 14.3. The number of hydrogen-bond donors (Lipinski definition) is 2. The van der Waals surface area contributed by atoms with Crippen LogP contribution in [-0.4, -0.2) is 11.7 Å². The largest absolute Gasteiger partial charge is 0.507 e. The molecule has 1 saturated carbocycles. The lowest BCUT2D eigenvalue weighted by atomic mass is 9.77. The summed E-state index contributed by atoms with van der Waals surface area (Å²) in [6, 6.07) is 2.54. The third kappa shape index (κ3) is 2.05. The Labute approximate surface area is 122 Å². The molecule has 3 rings (SSSR count). The molecule has 1 fully saturated rings. The summed E-state index contributed by atoms with van der Waals surface area (Å²) in [5.74, 6) is 1.91. The van der Waals surface area contributed by atoms with Crippen LogP contribution in [-0.2, 0) is 0 Å². The minimum atomic E-state index is 0.369. The third-order valence-electron chi connectivity index (χ3n) is 5.32. The molecule has 2 nitrogen and oxygen atoms in total. The van der Waals surface area contributed by atoms with E-state index in [2.05, 4.69) is 25.2 Å². The molecule has 0 amide bonds. The van der Waals surface area contributed by atoms with E-state index in [4.69, 9.17) is 0 Å². The maximum atomic E-state index is 10.6. The van der Waals surface area contributed by atoms with E-state index >= 15 is 0 Å². The van der Waals surface area contributed by atoms with Crippen molar-refractivity contribution in [3.8, 4) is 5.75 Å². The number of hydrogen-bond acceptors (Lipinski definition) is 2. The van der Waals surface area contributed by atoms with E-state index in [-0.39, 0.29) is 0 Å². The van der Waals surface area contributed by atoms with Gasteiger partial charge in [0.2, 0.25) is 0 Å². The molecule has 0 saturated heterocycles. The van der Waals surface area contributed by atoms with Crippen LogP contribution in [0, 0.1) is 19.8 Å². The summed E-state index contributed by atoms with van der Waals surface area (Å²) in [6.07, 6.45) is 6.44. The van der Waals surface area contributed by atoms with Crippen molar-refractivity contribution < 1.29 is 5.11 Å². The van der Waals surface area contributed by atoms with E-state index < -0.39 is 0 Å². The van der Waals surface area contributed by atoms with Crippen LogP contribution >= 0.6 is 0 Å². The second kappa shape index (κ2) is 5.40. The van der Waals surface area contributed by atoms with Crippen LogP contribution < -0.4 is 5.32 Å². The Morgan fingerprint density at radius 2 is 1.90 bits per heavy atom. The Balaban J connectivity index is 2.09. The van der Waals surface area contributed by atoms with E-state index in [0.29, 0.717) is 23.6 Å². The number of fused-ring (bicyclic) bond motifs is 3. The van der Waals surface area contributed by atoms with Crippen molar-refractivity contribution in [1.29, 1.82) is 0 Å². The normalized spacial score (nSPS) is 28.2. The number of aryl methyl sites for hydroxylation is 2. The molecule has 0 aromatic heterocycles. The first kappa shape index (κ1) is 13.9. The fourth-order valence-electron chi connectivity index (χ4n) is 4.51. The molecule has 3 atom stereocenters. The quantitative estimate of drug-likeness (QED) is 0.858. The van der Waals surface area contributed by atoms with Crippen LogP contribution in [0.3, 0.4) is 0 Å². The van der Waals surface area contributed by atoms with E-state index in [1.54, 1.807) is 0 Å². The Bertz CT molecular complexity index is 509. The molecule has 0 radical (unpaired) electrons. The van der Waals surface area contributed by atoms with Crippen molar-refractivity contribution >= 4 is 0 Å². The lowest BCUT2D eigenvalue weighted by Crippen LogP contribution is -2.28. The summed E-state index contributed by atoms with van der Waals surface area (Å²) < 4.78 is 0. The molecule has 0 aliphatic heterocycles. The zero-order valence-electron chi connectivity index (χ0n) is 13.0. The van der Waals surface area contributed by atoms with Crippen LogP contribution in [0.5, 0.6) is 5.75 Å². The molecule has 1 aromatic carbocycles. The summed E-state index contributed by atoms with van der Waals surface area (Å²) in [7, 11) is 0. The summed E-state index contributed by atoms with van der Waals surface area (Å²) in [6.45, 7) is 7.50. The van der Waals surface area contributed by atoms with Crippen molar-refractivity contribution in [1.82, 2.24) is 5.32 Å². The Morgan fingerprint density at radius 1 is 1.15 bits per heavy atom. The summed E-state index contributed by atoms with van der Waals surface area (Å²) in [5.41, 5.74) is 5.11. The number of aromatic hydroxyl groups is 1. The second-order valence-electron chi connectivity index (χ2n) is 6.67. The van der Waals surface area contributed by atoms with Crippen LogP contribution in [0.4, 0.5) is 0 Å². The average Bonchev–Trinajstić information content (AvgIpc) is 2.78. The standard InChI is InChI=1S/C18H27NO/c1-4-9-19-17-14-8-6-5-7-13(14)15-11(2)10-12(3)18(20)16(15)17/h10,13-14,17,19-20H,4-9H2,1-3H3. The molecule has 2 N–H and O–H groups in total. The summed E-state index contributed by atoms with van der Waals surface area (Å²) in [5, 5.41) is 14.3. The molecule has 20 heavy (non-hydrogen) atoms. The maximum absolute atomic E-state index is 10.6. The van der Waals surface area contributed by atoms with Gasteiger partial charge in [0, 0.05) is 11.6 Å². The first-order valence-corrected chi connectivity index (χ1v) is 8.21. The van der Waals surface area contributed by atoms with Crippen LogP contribution in [0.15, 0.2) is 6.07 Å². The Morgan fingerprint density at radius 3 is 2.65 bits per heavy atom.